The van der Waals surface area contributed by atoms with Gasteiger partial charge in [0.1, 0.15) is 6.61 Å². The van der Waals surface area contributed by atoms with Crippen molar-refractivity contribution in [1.82, 2.24) is 0 Å². The smallest absolute Gasteiger partial charge is 0.450 e. The van der Waals surface area contributed by atoms with Crippen molar-refractivity contribution in [3.05, 3.63) is 12.7 Å². The SMILES string of the molecule is C=CCOOC(C)=O.O=C(O)O.O=C(O)O. The van der Waals surface area contributed by atoms with Gasteiger partial charge >= 0.3 is 18.3 Å². The van der Waals surface area contributed by atoms with Crippen LogP contribution in [0.4, 0.5) is 9.59 Å². The van der Waals surface area contributed by atoms with Gasteiger partial charge in [0.2, 0.25) is 0 Å². The summed E-state index contributed by atoms with van der Waals surface area (Å²) in [7, 11) is 0. The van der Waals surface area contributed by atoms with Crippen molar-refractivity contribution in [3.8, 4) is 0 Å². The molecule has 9 nitrogen and oxygen atoms in total. The Morgan fingerprint density at radius 2 is 1.44 bits per heavy atom. The molecule has 0 heterocycles. The summed E-state index contributed by atoms with van der Waals surface area (Å²) < 4.78 is 0. The van der Waals surface area contributed by atoms with E-state index in [1.165, 1.54) is 13.0 Å². The first-order valence-corrected chi connectivity index (χ1v) is 3.48. The maximum Gasteiger partial charge on any atom is 0.503 e. The lowest BCUT2D eigenvalue weighted by atomic mass is 10.7. The van der Waals surface area contributed by atoms with Gasteiger partial charge in [0, 0.05) is 6.92 Å². The van der Waals surface area contributed by atoms with Gasteiger partial charge in [-0.3, -0.25) is 4.89 Å². The van der Waals surface area contributed by atoms with E-state index in [1.807, 2.05) is 0 Å². The van der Waals surface area contributed by atoms with Gasteiger partial charge in [-0.15, -0.1) is 6.58 Å². The van der Waals surface area contributed by atoms with Crippen LogP contribution in [-0.2, 0) is 14.6 Å². The van der Waals surface area contributed by atoms with Crippen LogP contribution in [0.2, 0.25) is 0 Å². The van der Waals surface area contributed by atoms with Crippen molar-refractivity contribution in [2.75, 3.05) is 6.61 Å². The van der Waals surface area contributed by atoms with E-state index in [0.717, 1.165) is 0 Å². The Hall–Kier alpha value is -2.29. The summed E-state index contributed by atoms with van der Waals surface area (Å²) >= 11 is 0. The minimum absolute atomic E-state index is 0.236. The summed E-state index contributed by atoms with van der Waals surface area (Å²) in [6.07, 6.45) is -2.18. The van der Waals surface area contributed by atoms with Gasteiger partial charge in [0.25, 0.3) is 0 Å². The van der Waals surface area contributed by atoms with Crippen molar-refractivity contribution in [1.29, 1.82) is 0 Å². The average molecular weight is 240 g/mol. The van der Waals surface area contributed by atoms with Crippen molar-refractivity contribution < 1.29 is 44.6 Å². The fourth-order valence-electron chi connectivity index (χ4n) is 0.165. The highest BCUT2D eigenvalue weighted by Gasteiger charge is 1.87. The summed E-state index contributed by atoms with van der Waals surface area (Å²) in [5, 5.41) is 27.9. The molecule has 4 N–H and O–H groups in total. The average Bonchev–Trinajstić information content (AvgIpc) is 2.01. The summed E-state index contributed by atoms with van der Waals surface area (Å²) in [6.45, 7) is 4.84. The molecule has 0 radical (unpaired) electrons. The van der Waals surface area contributed by atoms with Crippen LogP contribution in [0.5, 0.6) is 0 Å². The largest absolute Gasteiger partial charge is 0.503 e. The standard InChI is InChI=1S/C5H8O3.2CH2O3/c1-3-4-7-8-5(2)6;2*2-1(3)4/h3H,1,4H2,2H3;2*(H2,2,3,4). The number of hydrogen-bond acceptors (Lipinski definition) is 5. The predicted octanol–water partition coefficient (Wildman–Crippen LogP) is 1.11. The Bertz CT molecular complexity index is 202. The van der Waals surface area contributed by atoms with Crippen LogP contribution < -0.4 is 0 Å². The lowest BCUT2D eigenvalue weighted by Gasteiger charge is -1.93. The zero-order chi connectivity index (χ0) is 13.6. The third-order valence-corrected chi connectivity index (χ3v) is 0.362. The number of carbonyl (C=O) groups excluding carboxylic acids is 1. The minimum Gasteiger partial charge on any atom is -0.450 e. The number of hydrogen-bond donors (Lipinski definition) is 4. The second-order valence-corrected chi connectivity index (χ2v) is 1.71. The highest BCUT2D eigenvalue weighted by molar-refractivity contribution is 5.65. The molecule has 0 amide bonds. The second kappa shape index (κ2) is 15.2. The molecule has 0 aromatic carbocycles. The number of carbonyl (C=O) groups is 3. The summed E-state index contributed by atoms with van der Waals surface area (Å²) in [6, 6.07) is 0. The summed E-state index contributed by atoms with van der Waals surface area (Å²) in [5.74, 6) is -0.452. The molecule has 0 aliphatic rings. The van der Waals surface area contributed by atoms with Crippen LogP contribution in [0.3, 0.4) is 0 Å². The molecule has 0 saturated carbocycles. The molecule has 16 heavy (non-hydrogen) atoms. The fraction of sp³-hybridized carbons (Fsp3) is 0.286. The first-order chi connectivity index (χ1) is 7.23. The Kier molecular flexibility index (Phi) is 18.3. The van der Waals surface area contributed by atoms with Gasteiger partial charge in [-0.1, -0.05) is 6.08 Å². The highest BCUT2D eigenvalue weighted by atomic mass is 17.2. The zero-order valence-corrected chi connectivity index (χ0v) is 8.32. The predicted molar refractivity (Wildman–Crippen MR) is 49.2 cm³/mol. The van der Waals surface area contributed by atoms with E-state index >= 15 is 0 Å². The normalized spacial score (nSPS) is 7.06. The molecule has 0 fully saturated rings. The van der Waals surface area contributed by atoms with Gasteiger partial charge < -0.3 is 20.4 Å². The lowest BCUT2D eigenvalue weighted by Crippen LogP contribution is -1.99. The van der Waals surface area contributed by atoms with Gasteiger partial charge in [0.15, 0.2) is 0 Å². The number of rotatable bonds is 3. The molecule has 94 valence electrons. The minimum atomic E-state index is -1.83. The van der Waals surface area contributed by atoms with E-state index in [9.17, 15) is 4.79 Å². The summed E-state index contributed by atoms with van der Waals surface area (Å²) in [5.41, 5.74) is 0. The lowest BCUT2D eigenvalue weighted by molar-refractivity contribution is -0.263. The Morgan fingerprint density at radius 3 is 1.62 bits per heavy atom. The van der Waals surface area contributed by atoms with E-state index in [2.05, 4.69) is 16.4 Å². The van der Waals surface area contributed by atoms with Crippen LogP contribution in [-0.4, -0.2) is 45.3 Å². The quantitative estimate of drug-likeness (QED) is 0.246. The number of carboxylic acid groups (broad SMARTS) is 4. The molecule has 0 aliphatic heterocycles. The van der Waals surface area contributed by atoms with Crippen molar-refractivity contribution in [2.45, 2.75) is 6.92 Å². The maximum atomic E-state index is 9.94. The van der Waals surface area contributed by atoms with E-state index in [1.54, 1.807) is 0 Å². The van der Waals surface area contributed by atoms with Gasteiger partial charge in [-0.25, -0.2) is 14.4 Å². The third-order valence-electron chi connectivity index (χ3n) is 0.362. The van der Waals surface area contributed by atoms with Crippen LogP contribution in [0.25, 0.3) is 0 Å². The molecule has 0 atom stereocenters. The van der Waals surface area contributed by atoms with Gasteiger partial charge in [-0.05, 0) is 0 Å². The van der Waals surface area contributed by atoms with Crippen molar-refractivity contribution in [3.63, 3.8) is 0 Å². The van der Waals surface area contributed by atoms with Crippen LogP contribution in [0, 0.1) is 0 Å². The van der Waals surface area contributed by atoms with Crippen LogP contribution in [0.1, 0.15) is 6.92 Å². The van der Waals surface area contributed by atoms with E-state index < -0.39 is 18.3 Å². The molecular formula is C7H12O9. The van der Waals surface area contributed by atoms with E-state index in [-0.39, 0.29) is 6.61 Å². The Labute approximate surface area is 90.1 Å². The molecule has 0 spiro atoms. The first kappa shape index (κ1) is 19.3. The summed E-state index contributed by atoms with van der Waals surface area (Å²) in [4.78, 5) is 35.4. The molecule has 0 aliphatic carbocycles. The van der Waals surface area contributed by atoms with E-state index in [0.29, 0.717) is 0 Å². The molecule has 0 bridgehead atoms. The molecule has 0 aromatic rings. The molecule has 0 unspecified atom stereocenters. The third kappa shape index (κ3) is 183. The molecule has 0 aromatic heterocycles. The fourth-order valence-corrected chi connectivity index (χ4v) is 0.165. The van der Waals surface area contributed by atoms with Crippen molar-refractivity contribution >= 4 is 18.3 Å². The Balaban J connectivity index is -0.000000179. The van der Waals surface area contributed by atoms with Crippen LogP contribution >= 0.6 is 0 Å². The van der Waals surface area contributed by atoms with Gasteiger partial charge in [0.05, 0.1) is 0 Å². The van der Waals surface area contributed by atoms with Gasteiger partial charge in [-0.2, -0.15) is 4.89 Å². The van der Waals surface area contributed by atoms with E-state index in [4.69, 9.17) is 30.0 Å². The monoisotopic (exact) mass is 240 g/mol. The zero-order valence-electron chi connectivity index (χ0n) is 8.32. The molecule has 0 rings (SSSR count). The second-order valence-electron chi connectivity index (χ2n) is 1.71. The van der Waals surface area contributed by atoms with Crippen LogP contribution in [0.15, 0.2) is 12.7 Å². The highest BCUT2D eigenvalue weighted by Crippen LogP contribution is 1.78. The molecule has 9 heteroatoms. The molecule has 0 saturated heterocycles. The Morgan fingerprint density at radius 1 is 1.12 bits per heavy atom. The molecular weight excluding hydrogens is 228 g/mol. The van der Waals surface area contributed by atoms with Crippen molar-refractivity contribution in [2.24, 2.45) is 0 Å². The maximum absolute atomic E-state index is 9.94. The first-order valence-electron chi connectivity index (χ1n) is 3.48. The topological polar surface area (TPSA) is 151 Å².